The summed E-state index contributed by atoms with van der Waals surface area (Å²) in [5.74, 6) is 1.30. The van der Waals surface area contributed by atoms with Crippen LogP contribution in [0.15, 0.2) is 34.9 Å². The van der Waals surface area contributed by atoms with Crippen LogP contribution in [0.25, 0.3) is 0 Å². The van der Waals surface area contributed by atoms with Gasteiger partial charge in [-0.2, -0.15) is 0 Å². The maximum absolute atomic E-state index is 12.6. The van der Waals surface area contributed by atoms with E-state index >= 15 is 0 Å². The number of rotatable bonds is 5. The van der Waals surface area contributed by atoms with Crippen molar-refractivity contribution in [3.05, 3.63) is 53.0 Å². The third-order valence-electron chi connectivity index (χ3n) is 2.99. The van der Waals surface area contributed by atoms with Gasteiger partial charge in [0.15, 0.2) is 5.78 Å². The Morgan fingerprint density at radius 3 is 2.68 bits per heavy atom. The van der Waals surface area contributed by atoms with Crippen LogP contribution in [0, 0.1) is 6.92 Å². The molecule has 0 saturated carbocycles. The van der Waals surface area contributed by atoms with Crippen molar-refractivity contribution in [1.82, 2.24) is 0 Å². The maximum atomic E-state index is 12.6. The molecule has 3 heteroatoms. The van der Waals surface area contributed by atoms with Crippen LogP contribution >= 0.6 is 0 Å². The van der Waals surface area contributed by atoms with E-state index in [1.54, 1.807) is 12.3 Å². The summed E-state index contributed by atoms with van der Waals surface area (Å²) in [5.41, 5.74) is 2.25. The number of hydrogen-bond acceptors (Lipinski definition) is 3. The number of ether oxygens (including phenoxy) is 1. The SMILES string of the molecule is CCOc1ccc(C)cc1C(=O)c1ccoc1CC. The first-order valence-corrected chi connectivity index (χ1v) is 6.51. The molecule has 0 unspecified atom stereocenters. The molecule has 0 radical (unpaired) electrons. The molecule has 1 heterocycles. The zero-order chi connectivity index (χ0) is 13.8. The molecular weight excluding hydrogens is 240 g/mol. The Bertz CT molecular complexity index is 581. The summed E-state index contributed by atoms with van der Waals surface area (Å²) in [4.78, 5) is 12.6. The number of carbonyl (C=O) groups is 1. The molecule has 100 valence electrons. The van der Waals surface area contributed by atoms with Gasteiger partial charge in [0.05, 0.1) is 24.0 Å². The van der Waals surface area contributed by atoms with Crippen molar-refractivity contribution in [1.29, 1.82) is 0 Å². The van der Waals surface area contributed by atoms with Gasteiger partial charge in [0.1, 0.15) is 11.5 Å². The van der Waals surface area contributed by atoms with E-state index in [1.807, 2.05) is 39.0 Å². The standard InChI is InChI=1S/C16H18O3/c1-4-14-12(8-9-19-14)16(17)13-10-11(3)6-7-15(13)18-5-2/h6-10H,4-5H2,1-3H3. The van der Waals surface area contributed by atoms with E-state index in [4.69, 9.17) is 9.15 Å². The summed E-state index contributed by atoms with van der Waals surface area (Å²) in [6, 6.07) is 7.37. The predicted molar refractivity (Wildman–Crippen MR) is 73.9 cm³/mol. The van der Waals surface area contributed by atoms with Crippen LogP contribution in [0.5, 0.6) is 5.75 Å². The van der Waals surface area contributed by atoms with E-state index in [0.717, 1.165) is 5.56 Å². The van der Waals surface area contributed by atoms with Crippen LogP contribution in [0.2, 0.25) is 0 Å². The normalized spacial score (nSPS) is 10.5. The minimum absolute atomic E-state index is 0.0437. The van der Waals surface area contributed by atoms with Gasteiger partial charge in [-0.1, -0.05) is 18.6 Å². The third-order valence-corrected chi connectivity index (χ3v) is 2.99. The van der Waals surface area contributed by atoms with Crippen LogP contribution in [0.3, 0.4) is 0 Å². The van der Waals surface area contributed by atoms with Gasteiger partial charge in [-0.05, 0) is 32.0 Å². The lowest BCUT2D eigenvalue weighted by atomic mass is 10.0. The van der Waals surface area contributed by atoms with Gasteiger partial charge in [-0.3, -0.25) is 4.79 Å². The average molecular weight is 258 g/mol. The highest BCUT2D eigenvalue weighted by Crippen LogP contribution is 2.25. The van der Waals surface area contributed by atoms with Crippen LogP contribution in [-0.2, 0) is 6.42 Å². The molecule has 1 aromatic carbocycles. The Hall–Kier alpha value is -2.03. The number of ketones is 1. The van der Waals surface area contributed by atoms with Crippen molar-refractivity contribution in [2.75, 3.05) is 6.61 Å². The quantitative estimate of drug-likeness (QED) is 0.766. The minimum atomic E-state index is -0.0437. The number of carbonyl (C=O) groups excluding carboxylic acids is 1. The smallest absolute Gasteiger partial charge is 0.200 e. The first-order valence-electron chi connectivity index (χ1n) is 6.51. The lowest BCUT2D eigenvalue weighted by molar-refractivity contribution is 0.103. The number of aryl methyl sites for hydroxylation is 2. The monoisotopic (exact) mass is 258 g/mol. The fraction of sp³-hybridized carbons (Fsp3) is 0.312. The van der Waals surface area contributed by atoms with E-state index in [9.17, 15) is 4.79 Å². The van der Waals surface area contributed by atoms with Crippen molar-refractivity contribution in [3.8, 4) is 5.75 Å². The van der Waals surface area contributed by atoms with Crippen molar-refractivity contribution in [3.63, 3.8) is 0 Å². The molecule has 0 aliphatic rings. The molecule has 2 rings (SSSR count). The van der Waals surface area contributed by atoms with Gasteiger partial charge < -0.3 is 9.15 Å². The molecule has 0 amide bonds. The molecule has 0 aliphatic carbocycles. The molecule has 0 fully saturated rings. The molecule has 3 nitrogen and oxygen atoms in total. The topological polar surface area (TPSA) is 39.4 Å². The summed E-state index contributed by atoms with van der Waals surface area (Å²) in [5, 5.41) is 0. The second-order valence-corrected chi connectivity index (χ2v) is 4.37. The summed E-state index contributed by atoms with van der Waals surface area (Å²) in [7, 11) is 0. The molecule has 2 aromatic rings. The third kappa shape index (κ3) is 2.70. The van der Waals surface area contributed by atoms with E-state index in [2.05, 4.69) is 0 Å². The van der Waals surface area contributed by atoms with Crippen LogP contribution in [0.1, 0.15) is 41.1 Å². The first kappa shape index (κ1) is 13.4. The highest BCUT2D eigenvalue weighted by molar-refractivity contribution is 6.11. The number of benzene rings is 1. The fourth-order valence-corrected chi connectivity index (χ4v) is 2.06. The first-order chi connectivity index (χ1) is 9.17. The molecule has 0 atom stereocenters. The second kappa shape index (κ2) is 5.74. The van der Waals surface area contributed by atoms with Crippen LogP contribution in [0.4, 0.5) is 0 Å². The highest BCUT2D eigenvalue weighted by atomic mass is 16.5. The van der Waals surface area contributed by atoms with Gasteiger partial charge in [0, 0.05) is 6.42 Å². The summed E-state index contributed by atoms with van der Waals surface area (Å²) < 4.78 is 10.9. The Morgan fingerprint density at radius 1 is 1.21 bits per heavy atom. The van der Waals surface area contributed by atoms with Crippen LogP contribution < -0.4 is 4.74 Å². The summed E-state index contributed by atoms with van der Waals surface area (Å²) >= 11 is 0. The second-order valence-electron chi connectivity index (χ2n) is 4.37. The number of hydrogen-bond donors (Lipinski definition) is 0. The molecule has 0 bridgehead atoms. The van der Waals surface area contributed by atoms with Gasteiger partial charge in [-0.25, -0.2) is 0 Å². The lowest BCUT2D eigenvalue weighted by Crippen LogP contribution is -2.07. The molecule has 19 heavy (non-hydrogen) atoms. The van der Waals surface area contributed by atoms with Gasteiger partial charge in [-0.15, -0.1) is 0 Å². The van der Waals surface area contributed by atoms with E-state index in [-0.39, 0.29) is 5.78 Å². The Balaban J connectivity index is 2.45. The minimum Gasteiger partial charge on any atom is -0.493 e. The van der Waals surface area contributed by atoms with Crippen molar-refractivity contribution in [2.24, 2.45) is 0 Å². The van der Waals surface area contributed by atoms with Gasteiger partial charge in [0.2, 0.25) is 0 Å². The van der Waals surface area contributed by atoms with Crippen LogP contribution in [-0.4, -0.2) is 12.4 Å². The van der Waals surface area contributed by atoms with E-state index < -0.39 is 0 Å². The van der Waals surface area contributed by atoms with Gasteiger partial charge >= 0.3 is 0 Å². The lowest BCUT2D eigenvalue weighted by Gasteiger charge is -2.10. The Kier molecular flexibility index (Phi) is 4.05. The average Bonchev–Trinajstić information content (AvgIpc) is 2.88. The highest BCUT2D eigenvalue weighted by Gasteiger charge is 2.19. The summed E-state index contributed by atoms with van der Waals surface area (Å²) in [6.07, 6.45) is 2.26. The Labute approximate surface area is 113 Å². The zero-order valence-corrected chi connectivity index (χ0v) is 11.5. The van der Waals surface area contributed by atoms with Gasteiger partial charge in [0.25, 0.3) is 0 Å². The largest absolute Gasteiger partial charge is 0.493 e. The van der Waals surface area contributed by atoms with Crippen molar-refractivity contribution >= 4 is 5.78 Å². The van der Waals surface area contributed by atoms with Crippen molar-refractivity contribution < 1.29 is 13.9 Å². The zero-order valence-electron chi connectivity index (χ0n) is 11.5. The van der Waals surface area contributed by atoms with E-state index in [0.29, 0.717) is 35.7 Å². The Morgan fingerprint density at radius 2 is 2.00 bits per heavy atom. The van der Waals surface area contributed by atoms with E-state index in [1.165, 1.54) is 0 Å². The number of furan rings is 1. The molecule has 1 aromatic heterocycles. The maximum Gasteiger partial charge on any atom is 0.200 e. The molecule has 0 spiro atoms. The van der Waals surface area contributed by atoms with Crippen molar-refractivity contribution in [2.45, 2.75) is 27.2 Å². The summed E-state index contributed by atoms with van der Waals surface area (Å²) in [6.45, 7) is 6.37. The predicted octanol–water partition coefficient (Wildman–Crippen LogP) is 3.78. The molecular formula is C16H18O3. The molecule has 0 aliphatic heterocycles. The fourth-order valence-electron chi connectivity index (χ4n) is 2.06. The molecule has 0 saturated heterocycles. The molecule has 0 N–H and O–H groups in total.